The fraction of sp³-hybridized carbons (Fsp3) is 1.00. The van der Waals surface area contributed by atoms with Gasteiger partial charge in [0, 0.05) is 0 Å². The molecule has 1 unspecified atom stereocenters. The Labute approximate surface area is 563 Å². The zero-order valence-corrected chi connectivity index (χ0v) is 52.3. The molecule has 100 heavy (non-hydrogen) atoms. The minimum absolute atomic E-state index is 0.730. The molecule has 0 radical (unpaired) electrons. The highest BCUT2D eigenvalue weighted by molar-refractivity contribution is 4.99. The fourth-order valence-electron chi connectivity index (χ4n) is 12.1. The van der Waals surface area contributed by atoms with Crippen molar-refractivity contribution in [3.05, 3.63) is 0 Å². The first-order valence-electron chi connectivity index (χ1n) is 31.7. The topological polar surface area (TPSA) is 744 Å². The summed E-state index contributed by atoms with van der Waals surface area (Å²) in [6, 6.07) is 0. The van der Waals surface area contributed by atoms with Crippen LogP contribution in [-0.2, 0) is 80.5 Å². The lowest BCUT2D eigenvalue weighted by Crippen LogP contribution is -2.63. The molecule has 9 rings (SSSR count). The van der Waals surface area contributed by atoms with Crippen molar-refractivity contribution in [3.63, 3.8) is 0 Å². The highest BCUT2D eigenvalue weighted by Crippen LogP contribution is 2.34. The van der Waals surface area contributed by atoms with Gasteiger partial charge in [-0.1, -0.05) is 0 Å². The minimum Gasteiger partial charge on any atom is -0.394 e. The molecule has 9 fully saturated rings. The molecule has 9 saturated heterocycles. The van der Waals surface area contributed by atoms with E-state index in [-0.39, 0.29) is 0 Å². The van der Waals surface area contributed by atoms with Gasteiger partial charge in [-0.3, -0.25) is 0 Å². The summed E-state index contributed by atoms with van der Waals surface area (Å²) in [6.45, 7) is -7.47. The summed E-state index contributed by atoms with van der Waals surface area (Å²) in [4.78, 5) is 0. The first-order valence-corrected chi connectivity index (χ1v) is 31.7. The Kier molecular flexibility index (Phi) is 29.2. The Balaban J connectivity index is 0.739. The van der Waals surface area contributed by atoms with E-state index in [2.05, 4.69) is 0 Å². The third-order valence-corrected chi connectivity index (χ3v) is 18.6. The first-order chi connectivity index (χ1) is 47.2. The molecule has 45 atom stereocenters. The highest BCUT2D eigenvalue weighted by Gasteiger charge is 2.55. The molecule has 9 heterocycles. The number of aliphatic hydroxyl groups excluding tert-OH is 29. The number of hydrogen-bond acceptors (Lipinski definition) is 46. The molecule has 46 nitrogen and oxygen atoms in total. The molecular formula is C54H92O46. The minimum atomic E-state index is -2.12. The third kappa shape index (κ3) is 18.0. The van der Waals surface area contributed by atoms with E-state index in [1.807, 2.05) is 0 Å². The van der Waals surface area contributed by atoms with Gasteiger partial charge in [-0.25, -0.2) is 0 Å². The second-order valence-corrected chi connectivity index (χ2v) is 25.5. The van der Waals surface area contributed by atoms with Crippen LogP contribution in [0.25, 0.3) is 0 Å². The number of hydrogen-bond donors (Lipinski definition) is 29. The average Bonchev–Trinajstić information content (AvgIpc) is 0.804. The Bertz CT molecular complexity index is 2460. The predicted octanol–water partition coefficient (Wildman–Crippen LogP) is -20.6. The monoisotopic (exact) mass is 1480 g/mol. The normalized spacial score (nSPS) is 53.7. The van der Waals surface area contributed by atoms with Crippen LogP contribution in [0.15, 0.2) is 0 Å². The van der Waals surface area contributed by atoms with E-state index in [0.717, 1.165) is 0 Å². The third-order valence-electron chi connectivity index (χ3n) is 18.6. The van der Waals surface area contributed by atoms with Gasteiger partial charge in [0.05, 0.1) is 59.5 Å². The molecule has 0 aliphatic carbocycles. The zero-order chi connectivity index (χ0) is 73.4. The lowest BCUT2D eigenvalue weighted by Gasteiger charge is -2.45. The van der Waals surface area contributed by atoms with Crippen molar-refractivity contribution in [2.75, 3.05) is 59.5 Å². The van der Waals surface area contributed by atoms with Crippen LogP contribution >= 0.6 is 0 Å². The second-order valence-electron chi connectivity index (χ2n) is 25.5. The molecule has 0 saturated carbocycles. The van der Waals surface area contributed by atoms with Gasteiger partial charge in [-0.15, -0.1) is 0 Å². The maximum absolute atomic E-state index is 10.9. The number of rotatable bonds is 25. The van der Waals surface area contributed by atoms with Crippen molar-refractivity contribution in [2.24, 2.45) is 0 Å². The van der Waals surface area contributed by atoms with Gasteiger partial charge in [-0.2, -0.15) is 0 Å². The maximum Gasteiger partial charge on any atom is 0.186 e. The Morgan fingerprint density at radius 3 is 0.440 bits per heavy atom. The van der Waals surface area contributed by atoms with Crippen molar-refractivity contribution in [2.45, 2.75) is 276 Å². The van der Waals surface area contributed by atoms with E-state index in [1.165, 1.54) is 0 Å². The van der Waals surface area contributed by atoms with Crippen LogP contribution in [0.3, 0.4) is 0 Å². The molecule has 0 aromatic heterocycles. The maximum atomic E-state index is 10.9. The van der Waals surface area contributed by atoms with Gasteiger partial charge in [0.25, 0.3) is 0 Å². The summed E-state index contributed by atoms with van der Waals surface area (Å²) in [6.07, 6.45) is -85.5. The summed E-state index contributed by atoms with van der Waals surface area (Å²) in [5.41, 5.74) is 0. The van der Waals surface area contributed by atoms with Crippen molar-refractivity contribution in [1.29, 1.82) is 0 Å². The molecule has 46 heteroatoms. The van der Waals surface area contributed by atoms with Crippen LogP contribution in [0.5, 0.6) is 0 Å². The van der Waals surface area contributed by atoms with Gasteiger partial charge < -0.3 is 229 Å². The zero-order valence-electron chi connectivity index (χ0n) is 52.3. The van der Waals surface area contributed by atoms with Crippen molar-refractivity contribution in [3.8, 4) is 0 Å². The molecule has 0 aromatic rings. The van der Waals surface area contributed by atoms with Crippen molar-refractivity contribution < 1.29 is 229 Å². The molecule has 0 bridgehead atoms. The van der Waals surface area contributed by atoms with Crippen LogP contribution in [0, 0.1) is 0 Å². The van der Waals surface area contributed by atoms with Gasteiger partial charge in [0.15, 0.2) is 56.6 Å². The number of aliphatic hydroxyl groups is 29. The van der Waals surface area contributed by atoms with Crippen LogP contribution in [0.1, 0.15) is 0 Å². The number of ether oxygens (including phenoxy) is 17. The van der Waals surface area contributed by atoms with E-state index in [1.54, 1.807) is 0 Å². The molecular weight excluding hydrogens is 1380 g/mol. The summed E-state index contributed by atoms with van der Waals surface area (Å²) < 4.78 is 93.7. The largest absolute Gasteiger partial charge is 0.394 e. The summed E-state index contributed by atoms with van der Waals surface area (Å²) in [7, 11) is 0. The lowest BCUT2D eigenvalue weighted by molar-refractivity contribution is -0.355. The van der Waals surface area contributed by atoms with Gasteiger partial charge >= 0.3 is 0 Å². The van der Waals surface area contributed by atoms with Gasteiger partial charge in [-0.05, 0) is 0 Å². The lowest BCUT2D eigenvalue weighted by atomic mass is 9.97. The fourth-order valence-corrected chi connectivity index (χ4v) is 12.1. The Morgan fingerprint density at radius 2 is 0.280 bits per heavy atom. The van der Waals surface area contributed by atoms with Crippen LogP contribution in [0.2, 0.25) is 0 Å². The predicted molar refractivity (Wildman–Crippen MR) is 297 cm³/mol. The average molecular weight is 1480 g/mol. The van der Waals surface area contributed by atoms with E-state index in [0.29, 0.717) is 0 Å². The second kappa shape index (κ2) is 35.5. The Morgan fingerprint density at radius 1 is 0.150 bits per heavy atom. The molecule has 0 amide bonds. The van der Waals surface area contributed by atoms with Crippen LogP contribution in [-0.4, -0.2) is 484 Å². The SMILES string of the molecule is OC[C@H]1O[C@@H](OC[C@H]2O[C@@H](OC[C@H]3O[C@@H](OC[C@H]4O[C@@H](OC[C@H]5O[C@@H](OC[C@H]6O[C@@H](OC[C@H]7O[C@@H](OC[C@H]8O[C@@H](OC[C@H]9OC(O)[C@H](O)[C@@H](O)[C@@H]9O)[C@H](O)[C@@H](O)[C@@H]8O)[C@H](O)[C@@H](O)[C@@H]7O)[C@H](O)[C@@H](O)[C@@H]6O)[C@H](O)[C@@H](O)[C@@H]5O)[C@H](O)[C@@H](O)[C@@H]4O)[C@H](O)[C@@H](O)[C@@H]3O)[C@H](O)[C@@H](O)[C@@H]2O)[C@H](O)[C@@H](O)[C@@H]1O. The molecule has 9 aliphatic rings. The highest BCUT2D eigenvalue weighted by atomic mass is 16.8. The van der Waals surface area contributed by atoms with Crippen LogP contribution < -0.4 is 0 Å². The molecule has 29 N–H and O–H groups in total. The molecule has 9 aliphatic heterocycles. The first kappa shape index (κ1) is 82.2. The summed E-state index contributed by atoms with van der Waals surface area (Å²) in [5.74, 6) is 0. The van der Waals surface area contributed by atoms with E-state index in [9.17, 15) is 148 Å². The molecule has 0 spiro atoms. The standard InChI is InChI=1S/C54H92O46/c55-1-10-19(56)29(66)38(75)47(93-10)85-3-12-21(58)31(68)40(77)49(95-12)87-5-14-23(60)33(70)42(79)51(97-14)89-7-16-25(62)35(72)44(81)53(99-16)91-9-18-27(64)36(73)45(82)54(100-18)90-8-17-26(63)34(71)43(80)52(98-17)88-6-15-24(61)32(69)41(78)50(96-15)86-4-13-22(59)30(67)39(76)48(94-13)84-2-11-20(57)28(65)37(74)46(83)92-11/h10-83H,1-9H2/t10-,11-,12-,13-,14-,15-,16-,17-,18-,19-,20-,21-,22-,23-,24-,25-,26-,27-,28+,29+,30+,31+,32+,33+,34+,35+,36+,37-,38-,39-,40-,41-,42-,43-,44-,45-,46?,47-,48-,49-,50-,51-,52-,53-,54-/m1/s1. The van der Waals surface area contributed by atoms with Crippen LogP contribution in [0.4, 0.5) is 0 Å². The van der Waals surface area contributed by atoms with E-state index in [4.69, 9.17) is 80.5 Å². The molecule has 584 valence electrons. The summed E-state index contributed by atoms with van der Waals surface area (Å²) >= 11 is 0. The van der Waals surface area contributed by atoms with Crippen molar-refractivity contribution >= 4 is 0 Å². The molecule has 0 aromatic carbocycles. The summed E-state index contributed by atoms with van der Waals surface area (Å²) in [5, 5.41) is 306. The van der Waals surface area contributed by atoms with E-state index >= 15 is 0 Å². The van der Waals surface area contributed by atoms with Crippen molar-refractivity contribution in [1.82, 2.24) is 0 Å². The Hall–Kier alpha value is -1.84. The van der Waals surface area contributed by atoms with Gasteiger partial charge in [0.2, 0.25) is 0 Å². The van der Waals surface area contributed by atoms with Gasteiger partial charge in [0.1, 0.15) is 220 Å². The van der Waals surface area contributed by atoms with E-state index < -0.39 is 336 Å². The quantitative estimate of drug-likeness (QED) is 0.0404. The smallest absolute Gasteiger partial charge is 0.186 e.